The van der Waals surface area contributed by atoms with Crippen LogP contribution in [0.1, 0.15) is 22.3 Å². The Labute approximate surface area is 107 Å². The summed E-state index contributed by atoms with van der Waals surface area (Å²) in [6.07, 6.45) is 0. The standard InChI is InChI=1S/C16H15NO/c1-10-6-11(2)16(12(3)7-10)13-4-5-15(18)14(8-13)9-17/h4-8,18H,1-3H3. The summed E-state index contributed by atoms with van der Waals surface area (Å²) in [6.45, 7) is 6.20. The van der Waals surface area contributed by atoms with Crippen molar-refractivity contribution in [3.8, 4) is 22.9 Å². The van der Waals surface area contributed by atoms with E-state index in [0.29, 0.717) is 5.56 Å². The van der Waals surface area contributed by atoms with E-state index in [4.69, 9.17) is 5.26 Å². The Bertz CT molecular complexity index is 628. The number of nitriles is 1. The lowest BCUT2D eigenvalue weighted by atomic mass is 9.93. The molecule has 0 spiro atoms. The van der Waals surface area contributed by atoms with Gasteiger partial charge in [-0.1, -0.05) is 23.8 Å². The molecule has 2 rings (SSSR count). The van der Waals surface area contributed by atoms with Crippen molar-refractivity contribution in [3.63, 3.8) is 0 Å². The Balaban J connectivity index is 2.67. The molecule has 90 valence electrons. The first kappa shape index (κ1) is 12.2. The minimum Gasteiger partial charge on any atom is -0.507 e. The fraction of sp³-hybridized carbons (Fsp3) is 0.188. The summed E-state index contributed by atoms with van der Waals surface area (Å²) < 4.78 is 0. The van der Waals surface area contributed by atoms with E-state index in [1.165, 1.54) is 16.7 Å². The smallest absolute Gasteiger partial charge is 0.133 e. The molecule has 2 aromatic carbocycles. The first-order chi connectivity index (χ1) is 8.52. The van der Waals surface area contributed by atoms with Crippen LogP contribution in [-0.4, -0.2) is 5.11 Å². The lowest BCUT2D eigenvalue weighted by Crippen LogP contribution is -1.91. The van der Waals surface area contributed by atoms with Crippen molar-refractivity contribution < 1.29 is 5.11 Å². The topological polar surface area (TPSA) is 44.0 Å². The molecule has 0 heterocycles. The summed E-state index contributed by atoms with van der Waals surface area (Å²) in [5, 5.41) is 18.5. The number of phenolic OH excluding ortho intramolecular Hbond substituents is 1. The highest BCUT2D eigenvalue weighted by Gasteiger charge is 2.09. The van der Waals surface area contributed by atoms with Crippen molar-refractivity contribution in [2.45, 2.75) is 20.8 Å². The summed E-state index contributed by atoms with van der Waals surface area (Å²) in [5.74, 6) is 0.0312. The number of hydrogen-bond acceptors (Lipinski definition) is 2. The lowest BCUT2D eigenvalue weighted by Gasteiger charge is -2.12. The van der Waals surface area contributed by atoms with E-state index in [1.807, 2.05) is 12.1 Å². The fourth-order valence-corrected chi connectivity index (χ4v) is 2.42. The Morgan fingerprint density at radius 3 is 2.17 bits per heavy atom. The molecular formula is C16H15NO. The van der Waals surface area contributed by atoms with Crippen LogP contribution in [0.2, 0.25) is 0 Å². The highest BCUT2D eigenvalue weighted by molar-refractivity contribution is 5.73. The van der Waals surface area contributed by atoms with Gasteiger partial charge in [-0.15, -0.1) is 0 Å². The lowest BCUT2D eigenvalue weighted by molar-refractivity contribution is 0.473. The molecule has 2 heteroatoms. The number of rotatable bonds is 1. The van der Waals surface area contributed by atoms with Gasteiger partial charge in [-0.2, -0.15) is 5.26 Å². The van der Waals surface area contributed by atoms with Gasteiger partial charge in [0.25, 0.3) is 0 Å². The Kier molecular flexibility index (Phi) is 3.08. The SMILES string of the molecule is Cc1cc(C)c(-c2ccc(O)c(C#N)c2)c(C)c1. The summed E-state index contributed by atoms with van der Waals surface area (Å²) in [4.78, 5) is 0. The van der Waals surface area contributed by atoms with E-state index in [0.717, 1.165) is 11.1 Å². The van der Waals surface area contributed by atoms with Crippen LogP contribution in [0, 0.1) is 32.1 Å². The Morgan fingerprint density at radius 1 is 1.00 bits per heavy atom. The Morgan fingerprint density at radius 2 is 1.61 bits per heavy atom. The second kappa shape index (κ2) is 4.54. The Hall–Kier alpha value is -2.27. The second-order valence-electron chi connectivity index (χ2n) is 4.62. The summed E-state index contributed by atoms with van der Waals surface area (Å²) >= 11 is 0. The van der Waals surface area contributed by atoms with Crippen molar-refractivity contribution in [1.82, 2.24) is 0 Å². The van der Waals surface area contributed by atoms with Crippen LogP contribution in [0.3, 0.4) is 0 Å². The highest BCUT2D eigenvalue weighted by Crippen LogP contribution is 2.31. The van der Waals surface area contributed by atoms with Crippen LogP contribution in [0.4, 0.5) is 0 Å². The summed E-state index contributed by atoms with van der Waals surface area (Å²) in [6, 6.07) is 11.4. The predicted octanol–water partition coefficient (Wildman–Crippen LogP) is 3.86. The van der Waals surface area contributed by atoms with Crippen LogP contribution in [0.5, 0.6) is 5.75 Å². The summed E-state index contributed by atoms with van der Waals surface area (Å²) in [5.41, 5.74) is 6.01. The maximum absolute atomic E-state index is 9.54. The zero-order chi connectivity index (χ0) is 13.3. The van der Waals surface area contributed by atoms with Crippen LogP contribution >= 0.6 is 0 Å². The average molecular weight is 237 g/mol. The van der Waals surface area contributed by atoms with Gasteiger partial charge >= 0.3 is 0 Å². The molecule has 0 amide bonds. The van der Waals surface area contributed by atoms with Gasteiger partial charge in [-0.3, -0.25) is 0 Å². The van der Waals surface area contributed by atoms with Crippen LogP contribution in [0.25, 0.3) is 11.1 Å². The van der Waals surface area contributed by atoms with E-state index >= 15 is 0 Å². The monoisotopic (exact) mass is 237 g/mol. The van der Waals surface area contributed by atoms with Crippen molar-refractivity contribution in [2.75, 3.05) is 0 Å². The van der Waals surface area contributed by atoms with Crippen molar-refractivity contribution >= 4 is 0 Å². The number of nitrogens with zero attached hydrogens (tertiary/aromatic N) is 1. The number of aromatic hydroxyl groups is 1. The first-order valence-electron chi connectivity index (χ1n) is 5.84. The number of aryl methyl sites for hydroxylation is 3. The molecule has 18 heavy (non-hydrogen) atoms. The average Bonchev–Trinajstić information content (AvgIpc) is 2.30. The largest absolute Gasteiger partial charge is 0.507 e. The van der Waals surface area contributed by atoms with Crippen LogP contribution in [0.15, 0.2) is 30.3 Å². The van der Waals surface area contributed by atoms with Gasteiger partial charge in [0.15, 0.2) is 0 Å². The number of benzene rings is 2. The van der Waals surface area contributed by atoms with Gasteiger partial charge in [-0.25, -0.2) is 0 Å². The van der Waals surface area contributed by atoms with Gasteiger partial charge < -0.3 is 5.11 Å². The molecule has 2 aromatic rings. The molecule has 0 aliphatic heterocycles. The maximum atomic E-state index is 9.54. The third kappa shape index (κ3) is 2.08. The van der Waals surface area contributed by atoms with Crippen molar-refractivity contribution in [3.05, 3.63) is 52.6 Å². The zero-order valence-electron chi connectivity index (χ0n) is 10.8. The van der Waals surface area contributed by atoms with Crippen LogP contribution < -0.4 is 0 Å². The molecule has 0 aromatic heterocycles. The first-order valence-corrected chi connectivity index (χ1v) is 5.84. The number of phenols is 1. The quantitative estimate of drug-likeness (QED) is 0.818. The van der Waals surface area contributed by atoms with Crippen molar-refractivity contribution in [1.29, 1.82) is 5.26 Å². The maximum Gasteiger partial charge on any atom is 0.133 e. The van der Waals surface area contributed by atoms with Gasteiger partial charge in [0.2, 0.25) is 0 Å². The van der Waals surface area contributed by atoms with E-state index in [1.54, 1.807) is 12.1 Å². The molecule has 1 N–H and O–H groups in total. The third-order valence-corrected chi connectivity index (χ3v) is 3.08. The molecule has 0 unspecified atom stereocenters. The molecule has 0 atom stereocenters. The zero-order valence-corrected chi connectivity index (χ0v) is 10.8. The van der Waals surface area contributed by atoms with E-state index in [-0.39, 0.29) is 5.75 Å². The second-order valence-corrected chi connectivity index (χ2v) is 4.62. The van der Waals surface area contributed by atoms with Gasteiger partial charge in [0.05, 0.1) is 5.56 Å². The molecule has 0 saturated carbocycles. The molecule has 2 nitrogen and oxygen atoms in total. The molecule has 0 saturated heterocycles. The molecule has 0 fully saturated rings. The van der Waals surface area contributed by atoms with Crippen LogP contribution in [-0.2, 0) is 0 Å². The van der Waals surface area contributed by atoms with E-state index in [9.17, 15) is 5.11 Å². The van der Waals surface area contributed by atoms with Gasteiger partial charge in [0.1, 0.15) is 11.8 Å². The fourth-order valence-electron chi connectivity index (χ4n) is 2.42. The number of hydrogen-bond donors (Lipinski definition) is 1. The minimum absolute atomic E-state index is 0.0312. The van der Waals surface area contributed by atoms with E-state index < -0.39 is 0 Å². The van der Waals surface area contributed by atoms with Gasteiger partial charge in [0, 0.05) is 0 Å². The molecule has 0 bridgehead atoms. The van der Waals surface area contributed by atoms with E-state index in [2.05, 4.69) is 32.9 Å². The normalized spacial score (nSPS) is 10.1. The predicted molar refractivity (Wildman–Crippen MR) is 72.5 cm³/mol. The molecular weight excluding hydrogens is 222 g/mol. The molecule has 0 aliphatic carbocycles. The van der Waals surface area contributed by atoms with Gasteiger partial charge in [-0.05, 0) is 55.2 Å². The highest BCUT2D eigenvalue weighted by atomic mass is 16.3. The third-order valence-electron chi connectivity index (χ3n) is 3.08. The summed E-state index contributed by atoms with van der Waals surface area (Å²) in [7, 11) is 0. The van der Waals surface area contributed by atoms with Crippen molar-refractivity contribution in [2.24, 2.45) is 0 Å². The molecule has 0 aliphatic rings. The molecule has 0 radical (unpaired) electrons. The minimum atomic E-state index is 0.0312.